The van der Waals surface area contributed by atoms with Crippen LogP contribution in [0, 0.1) is 5.82 Å². The van der Waals surface area contributed by atoms with Crippen LogP contribution in [0.3, 0.4) is 0 Å². The van der Waals surface area contributed by atoms with E-state index in [4.69, 9.17) is 0 Å². The predicted molar refractivity (Wildman–Crippen MR) is 90.1 cm³/mol. The first kappa shape index (κ1) is 15.4. The number of rotatable bonds is 4. The molecule has 0 bridgehead atoms. The van der Waals surface area contributed by atoms with Gasteiger partial charge in [0.25, 0.3) is 0 Å². The van der Waals surface area contributed by atoms with Gasteiger partial charge in [0.15, 0.2) is 0 Å². The van der Waals surface area contributed by atoms with E-state index in [9.17, 15) is 8.60 Å². The summed E-state index contributed by atoms with van der Waals surface area (Å²) < 4.78 is 25.4. The number of nitrogens with zero attached hydrogens (tertiary/aromatic N) is 1. The van der Waals surface area contributed by atoms with Crippen molar-refractivity contribution < 1.29 is 8.60 Å². The number of pyridine rings is 1. The summed E-state index contributed by atoms with van der Waals surface area (Å²) in [6, 6.07) is 6.94. The largest absolute Gasteiger partial charge is 0.382 e. The van der Waals surface area contributed by atoms with Crippen molar-refractivity contribution in [2.24, 2.45) is 0 Å². The van der Waals surface area contributed by atoms with Crippen molar-refractivity contribution in [1.29, 1.82) is 0 Å². The second-order valence-corrected chi connectivity index (χ2v) is 7.82. The number of benzene rings is 1. The minimum absolute atomic E-state index is 0.270. The molecule has 1 N–H and O–H groups in total. The molecule has 1 heterocycles. The van der Waals surface area contributed by atoms with Crippen LogP contribution in [0.2, 0.25) is 0 Å². The predicted octanol–water partition coefficient (Wildman–Crippen LogP) is 3.87. The number of aromatic nitrogens is 1. The highest BCUT2D eigenvalue weighted by molar-refractivity contribution is 7.85. The first-order valence-electron chi connectivity index (χ1n) is 7.85. The van der Waals surface area contributed by atoms with Crippen LogP contribution in [0.4, 0.5) is 10.1 Å². The van der Waals surface area contributed by atoms with Gasteiger partial charge in [-0.05, 0) is 37.5 Å². The van der Waals surface area contributed by atoms with Crippen molar-refractivity contribution >= 4 is 27.4 Å². The van der Waals surface area contributed by atoms with Crippen LogP contribution in [-0.4, -0.2) is 26.2 Å². The molecule has 1 aromatic heterocycles. The van der Waals surface area contributed by atoms with Crippen LogP contribution in [-0.2, 0) is 10.8 Å². The fraction of sp³-hybridized carbons (Fsp3) is 0.471. The molecule has 5 heteroatoms. The molecule has 1 saturated carbocycles. The molecule has 0 aliphatic heterocycles. The molecule has 118 valence electrons. The van der Waals surface area contributed by atoms with Gasteiger partial charge in [0.1, 0.15) is 5.82 Å². The third kappa shape index (κ3) is 3.29. The van der Waals surface area contributed by atoms with E-state index in [2.05, 4.69) is 10.3 Å². The Hall–Kier alpha value is -1.49. The van der Waals surface area contributed by atoms with E-state index < -0.39 is 10.8 Å². The van der Waals surface area contributed by atoms with Crippen LogP contribution in [0.25, 0.3) is 10.9 Å². The molecule has 3 nitrogen and oxygen atoms in total. The zero-order valence-corrected chi connectivity index (χ0v) is 13.5. The van der Waals surface area contributed by atoms with E-state index in [0.29, 0.717) is 16.8 Å². The zero-order valence-electron chi connectivity index (χ0n) is 12.7. The Morgan fingerprint density at radius 3 is 3.05 bits per heavy atom. The molecule has 1 aromatic carbocycles. The molecule has 1 aliphatic carbocycles. The Morgan fingerprint density at radius 2 is 2.23 bits per heavy atom. The first-order valence-corrected chi connectivity index (χ1v) is 9.23. The lowest BCUT2D eigenvalue weighted by atomic mass is 9.94. The van der Waals surface area contributed by atoms with Gasteiger partial charge in [-0.2, -0.15) is 0 Å². The van der Waals surface area contributed by atoms with Crippen molar-refractivity contribution in [2.45, 2.75) is 43.9 Å². The van der Waals surface area contributed by atoms with Gasteiger partial charge in [0.2, 0.25) is 0 Å². The third-order valence-corrected chi connectivity index (χ3v) is 6.09. The Morgan fingerprint density at radius 1 is 1.36 bits per heavy atom. The SMILES string of the molecule is CCS(=O)C1CCCC(Nc2ccnc3cc(F)ccc23)C1. The highest BCUT2D eigenvalue weighted by Crippen LogP contribution is 2.28. The lowest BCUT2D eigenvalue weighted by molar-refractivity contribution is 0.465. The fourth-order valence-corrected chi connectivity index (χ4v) is 4.57. The lowest BCUT2D eigenvalue weighted by Gasteiger charge is -2.30. The van der Waals surface area contributed by atoms with Crippen LogP contribution >= 0.6 is 0 Å². The number of nitrogens with one attached hydrogen (secondary N) is 1. The Labute approximate surface area is 132 Å². The van der Waals surface area contributed by atoms with Crippen molar-refractivity contribution in [2.75, 3.05) is 11.1 Å². The van der Waals surface area contributed by atoms with Crippen molar-refractivity contribution in [3.05, 3.63) is 36.3 Å². The molecule has 1 fully saturated rings. The summed E-state index contributed by atoms with van der Waals surface area (Å²) in [6.45, 7) is 1.98. The van der Waals surface area contributed by atoms with E-state index >= 15 is 0 Å². The van der Waals surface area contributed by atoms with Crippen molar-refractivity contribution in [1.82, 2.24) is 4.98 Å². The molecule has 0 radical (unpaired) electrons. The average molecular weight is 320 g/mol. The molecule has 2 aromatic rings. The van der Waals surface area contributed by atoms with Gasteiger partial charge in [-0.25, -0.2) is 4.39 Å². The molecule has 0 spiro atoms. The number of hydrogen-bond donors (Lipinski definition) is 1. The Bertz CT molecular complexity index is 691. The summed E-state index contributed by atoms with van der Waals surface area (Å²) in [5, 5.41) is 4.78. The summed E-state index contributed by atoms with van der Waals surface area (Å²) in [7, 11) is -0.724. The summed E-state index contributed by atoms with van der Waals surface area (Å²) in [5.74, 6) is 0.461. The Balaban J connectivity index is 1.79. The van der Waals surface area contributed by atoms with Crippen molar-refractivity contribution in [3.8, 4) is 0 Å². The maximum atomic E-state index is 13.3. The normalized spacial score (nSPS) is 23.4. The molecule has 0 saturated heterocycles. The second-order valence-electron chi connectivity index (χ2n) is 5.82. The van der Waals surface area contributed by atoms with E-state index in [1.54, 1.807) is 12.3 Å². The summed E-state index contributed by atoms with van der Waals surface area (Å²) in [5.41, 5.74) is 1.65. The molecule has 3 rings (SSSR count). The van der Waals surface area contributed by atoms with Gasteiger partial charge in [0, 0.05) is 51.2 Å². The Kier molecular flexibility index (Phi) is 4.71. The summed E-state index contributed by atoms with van der Waals surface area (Å²) in [6.07, 6.45) is 5.88. The maximum Gasteiger partial charge on any atom is 0.125 e. The maximum absolute atomic E-state index is 13.3. The number of fused-ring (bicyclic) bond motifs is 1. The molecular formula is C17H21FN2OS. The molecule has 3 atom stereocenters. The van der Waals surface area contributed by atoms with Crippen LogP contribution in [0.15, 0.2) is 30.5 Å². The van der Waals surface area contributed by atoms with E-state index in [0.717, 1.165) is 42.5 Å². The molecule has 3 unspecified atom stereocenters. The van der Waals surface area contributed by atoms with Crippen molar-refractivity contribution in [3.63, 3.8) is 0 Å². The number of hydrogen-bond acceptors (Lipinski definition) is 3. The minimum Gasteiger partial charge on any atom is -0.382 e. The highest BCUT2D eigenvalue weighted by atomic mass is 32.2. The standard InChI is InChI=1S/C17H21FN2OS/c1-2-22(21)14-5-3-4-13(11-14)20-16-8-9-19-17-10-12(18)6-7-15(16)17/h6-10,13-14H,2-5,11H2,1H3,(H,19,20). The lowest BCUT2D eigenvalue weighted by Crippen LogP contribution is -2.33. The quantitative estimate of drug-likeness (QED) is 0.930. The monoisotopic (exact) mass is 320 g/mol. The molecular weight excluding hydrogens is 299 g/mol. The van der Waals surface area contributed by atoms with E-state index in [1.165, 1.54) is 12.1 Å². The third-order valence-electron chi connectivity index (χ3n) is 4.35. The van der Waals surface area contributed by atoms with Gasteiger partial charge in [-0.1, -0.05) is 13.3 Å². The number of anilines is 1. The molecule has 22 heavy (non-hydrogen) atoms. The number of halogens is 1. The van der Waals surface area contributed by atoms with Gasteiger partial charge < -0.3 is 5.32 Å². The van der Waals surface area contributed by atoms with Crippen LogP contribution in [0.1, 0.15) is 32.6 Å². The molecule has 1 aliphatic rings. The van der Waals surface area contributed by atoms with Gasteiger partial charge in [-0.15, -0.1) is 0 Å². The van der Waals surface area contributed by atoms with Crippen LogP contribution in [0.5, 0.6) is 0 Å². The smallest absolute Gasteiger partial charge is 0.125 e. The second kappa shape index (κ2) is 6.73. The van der Waals surface area contributed by atoms with E-state index in [1.807, 2.05) is 13.0 Å². The van der Waals surface area contributed by atoms with Gasteiger partial charge in [-0.3, -0.25) is 9.19 Å². The van der Waals surface area contributed by atoms with Crippen LogP contribution < -0.4 is 5.32 Å². The summed E-state index contributed by atoms with van der Waals surface area (Å²) >= 11 is 0. The van der Waals surface area contributed by atoms with Gasteiger partial charge >= 0.3 is 0 Å². The molecule has 0 amide bonds. The average Bonchev–Trinajstić information content (AvgIpc) is 2.54. The zero-order chi connectivity index (χ0) is 15.5. The van der Waals surface area contributed by atoms with Gasteiger partial charge in [0.05, 0.1) is 5.52 Å². The fourth-order valence-electron chi connectivity index (χ4n) is 3.22. The highest BCUT2D eigenvalue weighted by Gasteiger charge is 2.25. The van der Waals surface area contributed by atoms with E-state index in [-0.39, 0.29) is 5.82 Å². The summed E-state index contributed by atoms with van der Waals surface area (Å²) in [4.78, 5) is 4.22. The minimum atomic E-state index is -0.724. The first-order chi connectivity index (χ1) is 10.7. The topological polar surface area (TPSA) is 42.0 Å².